The highest BCUT2D eigenvalue weighted by Gasteiger charge is 2.39. The van der Waals surface area contributed by atoms with Gasteiger partial charge in [0.15, 0.2) is 5.78 Å². The highest BCUT2D eigenvalue weighted by molar-refractivity contribution is 6.30. The lowest BCUT2D eigenvalue weighted by atomic mass is 10.1. The molecule has 1 aromatic carbocycles. The van der Waals surface area contributed by atoms with Gasteiger partial charge >= 0.3 is 0 Å². The van der Waals surface area contributed by atoms with Gasteiger partial charge in [0.05, 0.1) is 12.8 Å². The van der Waals surface area contributed by atoms with Crippen LogP contribution in [-0.2, 0) is 25.7 Å². The molecule has 1 heterocycles. The second-order valence-electron chi connectivity index (χ2n) is 7.07. The fourth-order valence-corrected chi connectivity index (χ4v) is 3.32. The van der Waals surface area contributed by atoms with Crippen molar-refractivity contribution in [2.24, 2.45) is 0 Å². The molecule has 0 aromatic heterocycles. The molecule has 10 heteroatoms. The number of hydrogen-bond donors (Lipinski definition) is 3. The normalized spacial score (nSPS) is 19.1. The van der Waals surface area contributed by atoms with Crippen LogP contribution >= 0.6 is 11.6 Å². The number of carbonyl (C=O) groups excluding carboxylic acids is 4. The molecule has 162 valence electrons. The van der Waals surface area contributed by atoms with E-state index in [4.69, 9.17) is 17.0 Å². The van der Waals surface area contributed by atoms with Crippen LogP contribution in [0.3, 0.4) is 0 Å². The zero-order valence-electron chi connectivity index (χ0n) is 16.5. The SMILES string of the molecule is CC(=O)N1C[C@@H](F)C[C@H]1C(=O)N[C@@H](CCC(=O)C=N)C(=O)NCc1ccc(Cl)cc1. The van der Waals surface area contributed by atoms with Crippen molar-refractivity contribution in [1.82, 2.24) is 15.5 Å². The van der Waals surface area contributed by atoms with Crippen LogP contribution in [0.2, 0.25) is 5.02 Å². The third kappa shape index (κ3) is 6.62. The maximum Gasteiger partial charge on any atom is 0.243 e. The molecule has 1 aliphatic heterocycles. The third-order valence-corrected chi connectivity index (χ3v) is 5.06. The minimum Gasteiger partial charge on any atom is -0.350 e. The monoisotopic (exact) mass is 438 g/mol. The number of carbonyl (C=O) groups is 4. The van der Waals surface area contributed by atoms with E-state index < -0.39 is 41.8 Å². The lowest BCUT2D eigenvalue weighted by Gasteiger charge is -2.25. The molecule has 0 unspecified atom stereocenters. The van der Waals surface area contributed by atoms with Gasteiger partial charge in [-0.2, -0.15) is 0 Å². The molecular weight excluding hydrogens is 415 g/mol. The van der Waals surface area contributed by atoms with Crippen LogP contribution in [0.25, 0.3) is 0 Å². The minimum atomic E-state index is -1.32. The van der Waals surface area contributed by atoms with Gasteiger partial charge in [0.1, 0.15) is 18.3 Å². The second kappa shape index (κ2) is 10.8. The van der Waals surface area contributed by atoms with Crippen LogP contribution < -0.4 is 10.6 Å². The van der Waals surface area contributed by atoms with Crippen molar-refractivity contribution < 1.29 is 23.6 Å². The Balaban J connectivity index is 2.05. The number of hydrogen-bond acceptors (Lipinski definition) is 5. The summed E-state index contributed by atoms with van der Waals surface area (Å²) in [4.78, 5) is 49.6. The van der Waals surface area contributed by atoms with Crippen LogP contribution in [0, 0.1) is 5.41 Å². The molecule has 0 saturated carbocycles. The standard InChI is InChI=1S/C20H24ClFN4O4/c1-12(27)26-11-15(22)8-18(26)20(30)25-17(7-6-16(28)9-23)19(29)24-10-13-2-4-14(21)5-3-13/h2-5,9,15,17-18,23H,6-8,10-11H2,1H3,(H,24,29)(H,25,30)/t15-,17-,18-/m0/s1. The van der Waals surface area contributed by atoms with Crippen molar-refractivity contribution in [2.45, 2.75) is 51.0 Å². The number of ketones is 1. The number of amides is 3. The molecule has 1 aromatic rings. The van der Waals surface area contributed by atoms with Gasteiger partial charge in [-0.05, 0) is 24.1 Å². The summed E-state index contributed by atoms with van der Waals surface area (Å²) >= 11 is 5.83. The van der Waals surface area contributed by atoms with Crippen LogP contribution in [0.15, 0.2) is 24.3 Å². The highest BCUT2D eigenvalue weighted by Crippen LogP contribution is 2.21. The van der Waals surface area contributed by atoms with Gasteiger partial charge < -0.3 is 20.9 Å². The molecule has 1 fully saturated rings. The Bertz CT molecular complexity index is 818. The van der Waals surface area contributed by atoms with E-state index in [2.05, 4.69) is 10.6 Å². The van der Waals surface area contributed by atoms with Crippen molar-refractivity contribution in [2.75, 3.05) is 6.54 Å². The van der Waals surface area contributed by atoms with Crippen molar-refractivity contribution in [3.05, 3.63) is 34.9 Å². The first-order valence-electron chi connectivity index (χ1n) is 9.48. The third-order valence-electron chi connectivity index (χ3n) is 4.81. The first kappa shape index (κ1) is 23.5. The van der Waals surface area contributed by atoms with Crippen LogP contribution in [0.1, 0.15) is 31.7 Å². The van der Waals surface area contributed by atoms with E-state index in [1.807, 2.05) is 0 Å². The molecule has 3 N–H and O–H groups in total. The first-order valence-corrected chi connectivity index (χ1v) is 9.86. The number of rotatable bonds is 9. The van der Waals surface area contributed by atoms with E-state index >= 15 is 0 Å². The van der Waals surface area contributed by atoms with Crippen molar-refractivity contribution in [3.8, 4) is 0 Å². The molecule has 3 atom stereocenters. The Kier molecular flexibility index (Phi) is 8.46. The Labute approximate surface area is 178 Å². The van der Waals surface area contributed by atoms with Crippen molar-refractivity contribution in [3.63, 3.8) is 0 Å². The molecule has 0 radical (unpaired) electrons. The Morgan fingerprint density at radius 2 is 1.97 bits per heavy atom. The number of benzene rings is 1. The van der Waals surface area contributed by atoms with E-state index in [0.29, 0.717) is 11.2 Å². The fraction of sp³-hybridized carbons (Fsp3) is 0.450. The Morgan fingerprint density at radius 3 is 2.57 bits per heavy atom. The van der Waals surface area contributed by atoms with Gasteiger partial charge in [0.2, 0.25) is 17.7 Å². The average Bonchev–Trinajstić information content (AvgIpc) is 3.12. The van der Waals surface area contributed by atoms with Gasteiger partial charge in [-0.1, -0.05) is 23.7 Å². The number of nitrogens with zero attached hydrogens (tertiary/aromatic N) is 1. The van der Waals surface area contributed by atoms with E-state index in [-0.39, 0.29) is 32.4 Å². The van der Waals surface area contributed by atoms with Gasteiger partial charge in [-0.3, -0.25) is 19.2 Å². The summed E-state index contributed by atoms with van der Waals surface area (Å²) in [6, 6.07) is 4.74. The number of likely N-dealkylation sites (tertiary alicyclic amines) is 1. The number of halogens is 2. The number of nitrogens with one attached hydrogen (secondary N) is 3. The molecule has 2 rings (SSSR count). The molecule has 8 nitrogen and oxygen atoms in total. The van der Waals surface area contributed by atoms with Gasteiger partial charge in [0, 0.05) is 31.3 Å². The summed E-state index contributed by atoms with van der Waals surface area (Å²) in [5.74, 6) is -2.10. The topological polar surface area (TPSA) is 119 Å². The van der Waals surface area contributed by atoms with Gasteiger partial charge in [-0.15, -0.1) is 0 Å². The Morgan fingerprint density at radius 1 is 1.30 bits per heavy atom. The largest absolute Gasteiger partial charge is 0.350 e. The molecule has 3 amide bonds. The molecule has 0 spiro atoms. The first-order chi connectivity index (χ1) is 14.2. The molecule has 0 bridgehead atoms. The van der Waals surface area contributed by atoms with E-state index in [1.165, 1.54) is 6.92 Å². The summed E-state index contributed by atoms with van der Waals surface area (Å²) < 4.78 is 13.7. The fourth-order valence-electron chi connectivity index (χ4n) is 3.19. The van der Waals surface area contributed by atoms with Gasteiger partial charge in [-0.25, -0.2) is 4.39 Å². The summed E-state index contributed by atoms with van der Waals surface area (Å²) in [5, 5.41) is 12.7. The van der Waals surface area contributed by atoms with E-state index in [9.17, 15) is 23.6 Å². The Hall–Kier alpha value is -2.81. The quantitative estimate of drug-likeness (QED) is 0.505. The average molecular weight is 439 g/mol. The van der Waals surface area contributed by atoms with E-state index in [0.717, 1.165) is 10.5 Å². The zero-order chi connectivity index (χ0) is 22.3. The van der Waals surface area contributed by atoms with E-state index in [1.54, 1.807) is 24.3 Å². The maximum absolute atomic E-state index is 13.7. The number of Topliss-reactive ketones (excluding diaryl/α,β-unsaturated/α-hetero) is 1. The second-order valence-corrected chi connectivity index (χ2v) is 7.51. The smallest absolute Gasteiger partial charge is 0.243 e. The lowest BCUT2D eigenvalue weighted by Crippen LogP contribution is -2.52. The number of alkyl halides is 1. The molecular formula is C20H24ClFN4O4. The van der Waals surface area contributed by atoms with Crippen LogP contribution in [0.4, 0.5) is 4.39 Å². The predicted molar refractivity (Wildman–Crippen MR) is 109 cm³/mol. The molecule has 30 heavy (non-hydrogen) atoms. The van der Waals surface area contributed by atoms with Crippen molar-refractivity contribution >= 4 is 41.3 Å². The molecule has 1 aliphatic rings. The lowest BCUT2D eigenvalue weighted by molar-refractivity contribution is -0.138. The predicted octanol–water partition coefficient (Wildman–Crippen LogP) is 1.40. The minimum absolute atomic E-state index is 0.0295. The van der Waals surface area contributed by atoms with Crippen LogP contribution in [-0.4, -0.2) is 59.4 Å². The molecule has 0 aliphatic carbocycles. The zero-order valence-corrected chi connectivity index (χ0v) is 17.2. The highest BCUT2D eigenvalue weighted by atomic mass is 35.5. The van der Waals surface area contributed by atoms with Gasteiger partial charge in [0.25, 0.3) is 0 Å². The summed E-state index contributed by atoms with van der Waals surface area (Å²) in [6.07, 6.45) is -0.967. The summed E-state index contributed by atoms with van der Waals surface area (Å²) in [6.45, 7) is 1.25. The van der Waals surface area contributed by atoms with Crippen molar-refractivity contribution in [1.29, 1.82) is 5.41 Å². The van der Waals surface area contributed by atoms with Crippen LogP contribution in [0.5, 0.6) is 0 Å². The molecule has 1 saturated heterocycles. The maximum atomic E-state index is 13.7. The summed E-state index contributed by atoms with van der Waals surface area (Å²) in [5.41, 5.74) is 0.784. The summed E-state index contributed by atoms with van der Waals surface area (Å²) in [7, 11) is 0.